The van der Waals surface area contributed by atoms with Crippen molar-refractivity contribution < 1.29 is 70.4 Å². The summed E-state index contributed by atoms with van der Waals surface area (Å²) in [4.78, 5) is 0. The fraction of sp³-hybridized carbons (Fsp3) is 0. The van der Waals surface area contributed by atoms with Crippen molar-refractivity contribution >= 4 is 51.4 Å². The second kappa shape index (κ2) is 7.06. The van der Waals surface area contributed by atoms with Crippen molar-refractivity contribution in [1.29, 1.82) is 0 Å². The molecule has 0 rings (SSSR count). The molecule has 12 heavy (non-hydrogen) atoms. The Balaban J connectivity index is 0. The van der Waals surface area contributed by atoms with E-state index in [2.05, 4.69) is 12.0 Å². The van der Waals surface area contributed by atoms with Crippen LogP contribution in [0.3, 0.4) is 0 Å². The molecule has 0 saturated carbocycles. The second-order valence-electron chi connectivity index (χ2n) is 1.38. The summed E-state index contributed by atoms with van der Waals surface area (Å²) in [5, 5.41) is 3.23. The van der Waals surface area contributed by atoms with Gasteiger partial charge in [-0.25, -0.2) is 0 Å². The molecular formula is H7KO9Ti2. The zero-order valence-electron chi connectivity index (χ0n) is 4.91. The van der Waals surface area contributed by atoms with Gasteiger partial charge in [0.05, 0.1) is 0 Å². The predicted molar refractivity (Wildman–Crippen MR) is 23.7 cm³/mol. The van der Waals surface area contributed by atoms with E-state index < -0.39 is 36.3 Å². The van der Waals surface area contributed by atoms with Crippen LogP contribution in [-0.2, 0) is 48.3 Å². The molecule has 0 atom stereocenters. The maximum atomic E-state index is 8.06. The van der Waals surface area contributed by atoms with Gasteiger partial charge in [0.2, 0.25) is 0 Å². The molecular weight excluding hydrogens is 279 g/mol. The normalized spacial score (nSPS) is 12.5. The molecule has 0 radical (unpaired) electrons. The van der Waals surface area contributed by atoms with E-state index in [-0.39, 0.29) is 51.4 Å². The van der Waals surface area contributed by atoms with Gasteiger partial charge in [0.1, 0.15) is 0 Å². The van der Waals surface area contributed by atoms with Crippen molar-refractivity contribution in [2.45, 2.75) is 0 Å². The number of hydrogen-bond donors (Lipinski definition) is 6. The van der Waals surface area contributed by atoms with Crippen molar-refractivity contribution in [2.75, 3.05) is 0 Å². The first-order valence-corrected chi connectivity index (χ1v) is 7.55. The molecule has 0 aliphatic rings. The van der Waals surface area contributed by atoms with E-state index in [1.807, 2.05) is 0 Å². The van der Waals surface area contributed by atoms with Gasteiger partial charge in [0.15, 0.2) is 0 Å². The van der Waals surface area contributed by atoms with Gasteiger partial charge < -0.3 is 0 Å². The summed E-state index contributed by atoms with van der Waals surface area (Å²) in [6.07, 6.45) is 0. The Hall–Kier alpha value is 2.70. The van der Waals surface area contributed by atoms with Crippen molar-refractivity contribution in [3.05, 3.63) is 0 Å². The standard InChI is InChI=1S/K.H2O3.6H2O.2Ti.H/c;1-3-2;;;;;;;;;/h;1-2H;6*1H2;;;/q;;;;;;;;2*+4;/p-8. The summed E-state index contributed by atoms with van der Waals surface area (Å²) < 4.78 is 55.0. The van der Waals surface area contributed by atoms with Gasteiger partial charge in [0.25, 0.3) is 0 Å². The average Bonchev–Trinajstić information content (AvgIpc) is 1.55. The van der Waals surface area contributed by atoms with Gasteiger partial charge in [-0.05, 0) is 0 Å². The zero-order chi connectivity index (χ0) is 9.12. The van der Waals surface area contributed by atoms with Gasteiger partial charge in [-0.2, -0.15) is 0 Å². The second-order valence-corrected chi connectivity index (χ2v) is 5.49. The summed E-state index contributed by atoms with van der Waals surface area (Å²) >= 11 is -10.7. The molecule has 9 nitrogen and oxygen atoms in total. The topological polar surface area (TPSA) is 149 Å². The molecule has 12 heteroatoms. The minimum atomic E-state index is -5.35. The monoisotopic (exact) mass is 286 g/mol. The van der Waals surface area contributed by atoms with E-state index in [4.69, 9.17) is 22.1 Å². The molecule has 0 spiro atoms. The number of hydrogen-bond acceptors (Lipinski definition) is 9. The molecule has 0 heterocycles. The Kier molecular flexibility index (Phi) is 10.1. The first-order valence-electron chi connectivity index (χ1n) is 2.08. The molecule has 0 aromatic carbocycles. The van der Waals surface area contributed by atoms with Crippen LogP contribution in [0.5, 0.6) is 0 Å². The summed E-state index contributed by atoms with van der Waals surface area (Å²) in [5.41, 5.74) is 0. The SMILES string of the molecule is [KH].[OH][Ti]([OH])([OH])[O]O[O][Ti]([OH])([OH])[OH]. The maximum absolute atomic E-state index is 8.06. The number of rotatable bonds is 4. The summed E-state index contributed by atoms with van der Waals surface area (Å²) in [6.45, 7) is 0. The van der Waals surface area contributed by atoms with Crippen LogP contribution in [0.1, 0.15) is 0 Å². The molecule has 0 bridgehead atoms. The average molecular weight is 286 g/mol. The summed E-state index contributed by atoms with van der Waals surface area (Å²) in [5.74, 6) is 0. The Labute approximate surface area is 119 Å². The van der Waals surface area contributed by atoms with Crippen LogP contribution in [0.15, 0.2) is 0 Å². The predicted octanol–water partition coefficient (Wildman–Crippen LogP) is -4.20. The van der Waals surface area contributed by atoms with Gasteiger partial charge in [-0.3, -0.25) is 0 Å². The van der Waals surface area contributed by atoms with E-state index >= 15 is 0 Å². The summed E-state index contributed by atoms with van der Waals surface area (Å²) in [7, 11) is 0. The van der Waals surface area contributed by atoms with Crippen LogP contribution in [0.4, 0.5) is 0 Å². The van der Waals surface area contributed by atoms with E-state index in [1.165, 1.54) is 0 Å². The third kappa shape index (κ3) is 15.2. The Morgan fingerprint density at radius 1 is 0.667 bits per heavy atom. The van der Waals surface area contributed by atoms with Crippen molar-refractivity contribution in [3.8, 4) is 0 Å². The van der Waals surface area contributed by atoms with E-state index in [1.54, 1.807) is 0 Å². The van der Waals surface area contributed by atoms with Crippen LogP contribution in [-0.4, -0.2) is 73.5 Å². The quantitative estimate of drug-likeness (QED) is 0.172. The van der Waals surface area contributed by atoms with Crippen LogP contribution in [0, 0.1) is 0 Å². The van der Waals surface area contributed by atoms with Crippen LogP contribution in [0.2, 0.25) is 0 Å². The molecule has 0 unspecified atom stereocenters. The van der Waals surface area contributed by atoms with E-state index in [0.717, 1.165) is 0 Å². The third-order valence-electron chi connectivity index (χ3n) is 0.292. The van der Waals surface area contributed by atoms with Crippen molar-refractivity contribution in [1.82, 2.24) is 0 Å². The first-order chi connectivity index (χ1) is 4.71. The molecule has 0 amide bonds. The van der Waals surface area contributed by atoms with Gasteiger partial charge in [-0.1, -0.05) is 0 Å². The minimum absolute atomic E-state index is 0. The van der Waals surface area contributed by atoms with Gasteiger partial charge >= 0.3 is 122 Å². The third-order valence-corrected chi connectivity index (χ3v) is 1.20. The summed E-state index contributed by atoms with van der Waals surface area (Å²) in [6, 6.07) is 0. The Bertz CT molecular complexity index is 96.7. The molecule has 0 aliphatic heterocycles. The van der Waals surface area contributed by atoms with E-state index in [9.17, 15) is 0 Å². The Morgan fingerprint density at radius 2 is 0.917 bits per heavy atom. The van der Waals surface area contributed by atoms with Crippen molar-refractivity contribution in [2.24, 2.45) is 0 Å². The first kappa shape index (κ1) is 17.1. The van der Waals surface area contributed by atoms with Crippen LogP contribution >= 0.6 is 0 Å². The van der Waals surface area contributed by atoms with Gasteiger partial charge in [0, 0.05) is 0 Å². The fourth-order valence-corrected chi connectivity index (χ4v) is 0.666. The molecule has 0 fully saturated rings. The van der Waals surface area contributed by atoms with E-state index in [0.29, 0.717) is 0 Å². The fourth-order valence-electron chi connectivity index (χ4n) is 0.108. The van der Waals surface area contributed by atoms with Gasteiger partial charge in [-0.15, -0.1) is 0 Å². The molecule has 0 aliphatic carbocycles. The zero-order valence-corrected chi connectivity index (χ0v) is 8.03. The van der Waals surface area contributed by atoms with Crippen LogP contribution in [0.25, 0.3) is 0 Å². The van der Waals surface area contributed by atoms with Crippen molar-refractivity contribution in [3.63, 3.8) is 0 Å². The Morgan fingerprint density at radius 3 is 1.08 bits per heavy atom. The molecule has 0 saturated heterocycles. The molecule has 70 valence electrons. The molecule has 6 N–H and O–H groups in total. The molecule has 0 aromatic heterocycles. The van der Waals surface area contributed by atoms with Crippen LogP contribution < -0.4 is 0 Å². The molecule has 0 aromatic rings.